The highest BCUT2D eigenvalue weighted by Crippen LogP contribution is 2.51. The van der Waals surface area contributed by atoms with E-state index < -0.39 is 0 Å². The van der Waals surface area contributed by atoms with Gasteiger partial charge in [-0.2, -0.15) is 0 Å². The molecule has 144 valence electrons. The van der Waals surface area contributed by atoms with Gasteiger partial charge in [-0.25, -0.2) is 4.98 Å². The maximum Gasteiger partial charge on any atom is 0.273 e. The molecule has 2 aliphatic rings. The number of hydrogen-bond acceptors (Lipinski definition) is 4. The molecule has 0 radical (unpaired) electrons. The standard InChI is InChI=1S/C22H29N3O2/c1-3-19-24-20(16(2)27-19)21(26)23-12-18-14-25(15-22(18)10-7-11-22)13-17-8-5-4-6-9-17/h4-6,8-9,18H,3,7,10-15H2,1-2H3,(H,23,26). The molecule has 0 bridgehead atoms. The minimum absolute atomic E-state index is 0.105. The fraction of sp³-hybridized carbons (Fsp3) is 0.545. The summed E-state index contributed by atoms with van der Waals surface area (Å²) in [4.78, 5) is 19.5. The van der Waals surface area contributed by atoms with Gasteiger partial charge in [0.25, 0.3) is 5.91 Å². The molecule has 1 aromatic carbocycles. The van der Waals surface area contributed by atoms with Gasteiger partial charge in [-0.15, -0.1) is 0 Å². The molecule has 27 heavy (non-hydrogen) atoms. The molecule has 1 aliphatic heterocycles. The Bertz CT molecular complexity index is 795. The van der Waals surface area contributed by atoms with E-state index in [9.17, 15) is 4.79 Å². The summed E-state index contributed by atoms with van der Waals surface area (Å²) in [7, 11) is 0. The zero-order valence-electron chi connectivity index (χ0n) is 16.3. The largest absolute Gasteiger partial charge is 0.445 e. The van der Waals surface area contributed by atoms with Gasteiger partial charge in [0, 0.05) is 32.6 Å². The Kier molecular flexibility index (Phi) is 5.04. The number of amides is 1. The van der Waals surface area contributed by atoms with E-state index in [0.717, 1.165) is 26.2 Å². The Balaban J connectivity index is 1.38. The molecule has 4 rings (SSSR count). The van der Waals surface area contributed by atoms with E-state index in [0.29, 0.717) is 35.1 Å². The number of nitrogens with one attached hydrogen (secondary N) is 1. The molecular formula is C22H29N3O2. The summed E-state index contributed by atoms with van der Waals surface area (Å²) < 4.78 is 5.53. The van der Waals surface area contributed by atoms with Gasteiger partial charge in [0.2, 0.25) is 0 Å². The average Bonchev–Trinajstić information content (AvgIpc) is 3.21. The quantitative estimate of drug-likeness (QED) is 0.848. The number of carbonyl (C=O) groups excluding carboxylic acids is 1. The molecule has 1 amide bonds. The lowest BCUT2D eigenvalue weighted by molar-refractivity contribution is 0.0800. The number of rotatable bonds is 6. The van der Waals surface area contributed by atoms with E-state index in [2.05, 4.69) is 45.5 Å². The Hall–Kier alpha value is -2.14. The SMILES string of the molecule is CCc1nc(C(=O)NCC2CN(Cc3ccccc3)CC23CCC3)c(C)o1. The summed E-state index contributed by atoms with van der Waals surface area (Å²) in [5.41, 5.74) is 2.19. The first-order valence-corrected chi connectivity index (χ1v) is 10.1. The number of nitrogens with zero attached hydrogens (tertiary/aromatic N) is 2. The normalized spacial score (nSPS) is 21.3. The van der Waals surface area contributed by atoms with Gasteiger partial charge in [-0.1, -0.05) is 43.7 Å². The Morgan fingerprint density at radius 1 is 1.33 bits per heavy atom. The van der Waals surface area contributed by atoms with Crippen LogP contribution in [0.5, 0.6) is 0 Å². The summed E-state index contributed by atoms with van der Waals surface area (Å²) in [6.45, 7) is 7.70. The summed E-state index contributed by atoms with van der Waals surface area (Å²) in [6.07, 6.45) is 4.57. The smallest absolute Gasteiger partial charge is 0.273 e. The van der Waals surface area contributed by atoms with Crippen molar-refractivity contribution in [3.63, 3.8) is 0 Å². The second kappa shape index (κ2) is 7.47. The van der Waals surface area contributed by atoms with Gasteiger partial charge in [0.1, 0.15) is 5.76 Å². The molecule has 1 atom stereocenters. The third-order valence-electron chi connectivity index (χ3n) is 6.35. The van der Waals surface area contributed by atoms with Gasteiger partial charge in [-0.3, -0.25) is 9.69 Å². The van der Waals surface area contributed by atoms with E-state index in [-0.39, 0.29) is 5.91 Å². The van der Waals surface area contributed by atoms with Crippen LogP contribution in [0.3, 0.4) is 0 Å². The average molecular weight is 367 g/mol. The molecule has 1 N–H and O–H groups in total. The summed E-state index contributed by atoms with van der Waals surface area (Å²) in [5, 5.41) is 3.14. The molecule has 2 heterocycles. The molecule has 1 aliphatic carbocycles. The lowest BCUT2D eigenvalue weighted by Crippen LogP contribution is -2.43. The Labute approximate surface area is 161 Å². The van der Waals surface area contributed by atoms with Crippen LogP contribution in [0, 0.1) is 18.3 Å². The van der Waals surface area contributed by atoms with Gasteiger partial charge in [0.15, 0.2) is 11.6 Å². The van der Waals surface area contributed by atoms with Crippen LogP contribution in [-0.2, 0) is 13.0 Å². The fourth-order valence-corrected chi connectivity index (χ4v) is 4.70. The van der Waals surface area contributed by atoms with Crippen molar-refractivity contribution in [2.45, 2.75) is 46.1 Å². The van der Waals surface area contributed by atoms with Crippen LogP contribution < -0.4 is 5.32 Å². The van der Waals surface area contributed by atoms with E-state index in [1.807, 2.05) is 13.8 Å². The van der Waals surface area contributed by atoms with E-state index in [1.54, 1.807) is 0 Å². The first-order chi connectivity index (χ1) is 13.1. The molecule has 1 aromatic heterocycles. The molecule has 1 unspecified atom stereocenters. The Morgan fingerprint density at radius 3 is 2.74 bits per heavy atom. The number of hydrogen-bond donors (Lipinski definition) is 1. The first-order valence-electron chi connectivity index (χ1n) is 10.1. The van der Waals surface area contributed by atoms with Crippen molar-refractivity contribution >= 4 is 5.91 Å². The lowest BCUT2D eigenvalue weighted by atomic mass is 9.63. The molecule has 1 saturated carbocycles. The van der Waals surface area contributed by atoms with Crippen molar-refractivity contribution in [2.24, 2.45) is 11.3 Å². The molecule has 2 fully saturated rings. The van der Waals surface area contributed by atoms with Crippen LogP contribution >= 0.6 is 0 Å². The summed E-state index contributed by atoms with van der Waals surface area (Å²) in [5.74, 6) is 1.64. The fourth-order valence-electron chi connectivity index (χ4n) is 4.70. The lowest BCUT2D eigenvalue weighted by Gasteiger charge is -2.43. The molecule has 5 heteroatoms. The van der Waals surface area contributed by atoms with Crippen LogP contribution in [0.2, 0.25) is 0 Å². The number of benzene rings is 1. The number of carbonyl (C=O) groups is 1. The number of aryl methyl sites for hydroxylation is 2. The van der Waals surface area contributed by atoms with Crippen LogP contribution in [0.4, 0.5) is 0 Å². The molecular weight excluding hydrogens is 338 g/mol. The number of aromatic nitrogens is 1. The topological polar surface area (TPSA) is 58.4 Å². The minimum atomic E-state index is -0.105. The van der Waals surface area contributed by atoms with Crippen LogP contribution in [0.25, 0.3) is 0 Å². The van der Waals surface area contributed by atoms with Crippen LogP contribution in [-0.4, -0.2) is 35.4 Å². The zero-order chi connectivity index (χ0) is 18.9. The van der Waals surface area contributed by atoms with Gasteiger partial charge in [-0.05, 0) is 36.7 Å². The molecule has 2 aromatic rings. The third kappa shape index (κ3) is 3.65. The third-order valence-corrected chi connectivity index (χ3v) is 6.35. The van der Waals surface area contributed by atoms with Crippen molar-refractivity contribution < 1.29 is 9.21 Å². The second-order valence-corrected chi connectivity index (χ2v) is 8.14. The van der Waals surface area contributed by atoms with Crippen LogP contribution in [0.1, 0.15) is 53.9 Å². The van der Waals surface area contributed by atoms with Crippen molar-refractivity contribution in [3.05, 3.63) is 53.2 Å². The molecule has 5 nitrogen and oxygen atoms in total. The highest BCUT2D eigenvalue weighted by Gasteiger charge is 2.49. The van der Waals surface area contributed by atoms with Crippen molar-refractivity contribution in [2.75, 3.05) is 19.6 Å². The van der Waals surface area contributed by atoms with E-state index in [4.69, 9.17) is 4.42 Å². The molecule has 1 saturated heterocycles. The summed E-state index contributed by atoms with van der Waals surface area (Å²) >= 11 is 0. The Morgan fingerprint density at radius 2 is 2.11 bits per heavy atom. The minimum Gasteiger partial charge on any atom is -0.445 e. The summed E-state index contributed by atoms with van der Waals surface area (Å²) in [6, 6.07) is 10.7. The monoisotopic (exact) mass is 367 g/mol. The number of oxazole rings is 1. The first kappa shape index (κ1) is 18.2. The van der Waals surface area contributed by atoms with Crippen molar-refractivity contribution in [3.8, 4) is 0 Å². The van der Waals surface area contributed by atoms with E-state index in [1.165, 1.54) is 24.8 Å². The highest BCUT2D eigenvalue weighted by atomic mass is 16.4. The zero-order valence-corrected chi connectivity index (χ0v) is 16.3. The second-order valence-electron chi connectivity index (χ2n) is 8.14. The number of likely N-dealkylation sites (tertiary alicyclic amines) is 1. The van der Waals surface area contributed by atoms with E-state index >= 15 is 0 Å². The van der Waals surface area contributed by atoms with Crippen molar-refractivity contribution in [1.29, 1.82) is 0 Å². The predicted molar refractivity (Wildman–Crippen MR) is 104 cm³/mol. The maximum absolute atomic E-state index is 12.6. The maximum atomic E-state index is 12.6. The highest BCUT2D eigenvalue weighted by molar-refractivity contribution is 5.93. The molecule has 1 spiro atoms. The van der Waals surface area contributed by atoms with Gasteiger partial charge >= 0.3 is 0 Å². The van der Waals surface area contributed by atoms with Crippen molar-refractivity contribution in [1.82, 2.24) is 15.2 Å². The van der Waals surface area contributed by atoms with Gasteiger partial charge < -0.3 is 9.73 Å². The van der Waals surface area contributed by atoms with Gasteiger partial charge in [0.05, 0.1) is 0 Å². The van der Waals surface area contributed by atoms with Crippen LogP contribution in [0.15, 0.2) is 34.7 Å². The predicted octanol–water partition coefficient (Wildman–Crippen LogP) is 3.58.